The molecule has 2 aromatic heterocycles. The van der Waals surface area contributed by atoms with Crippen LogP contribution in [0.5, 0.6) is 0 Å². The van der Waals surface area contributed by atoms with Gasteiger partial charge in [-0.15, -0.1) is 16.0 Å². The molecule has 0 spiro atoms. The molecule has 2 aromatic rings. The van der Waals surface area contributed by atoms with Crippen LogP contribution in [0.1, 0.15) is 30.2 Å². The summed E-state index contributed by atoms with van der Waals surface area (Å²) in [7, 11) is 3.87. The van der Waals surface area contributed by atoms with Crippen molar-refractivity contribution in [1.82, 2.24) is 9.66 Å². The highest BCUT2D eigenvalue weighted by atomic mass is 32.1. The van der Waals surface area contributed by atoms with Crippen LogP contribution in [0.4, 0.5) is 0 Å². The minimum atomic E-state index is 0.00981. The second-order valence-corrected chi connectivity index (χ2v) is 6.49. The normalized spacial score (nSPS) is 14.2. The number of hydrogen-bond acceptors (Lipinski definition) is 3. The van der Waals surface area contributed by atoms with Gasteiger partial charge in [-0.1, -0.05) is 0 Å². The molecule has 0 aliphatic heterocycles. The fourth-order valence-electron chi connectivity index (χ4n) is 2.50. The molecular weight excluding hydrogens is 272 g/mol. The number of thiophene rings is 1. The SMILES string of the molecule is CC(Nn1cnc2sc3c(c2c1=O)CCCC3)=[N+](C)C. The van der Waals surface area contributed by atoms with Gasteiger partial charge in [-0.25, -0.2) is 4.98 Å². The van der Waals surface area contributed by atoms with Crippen molar-refractivity contribution in [3.05, 3.63) is 27.1 Å². The maximum absolute atomic E-state index is 12.7. The second-order valence-electron chi connectivity index (χ2n) is 5.40. The molecule has 0 bridgehead atoms. The monoisotopic (exact) mass is 291 g/mol. The highest BCUT2D eigenvalue weighted by Crippen LogP contribution is 2.33. The summed E-state index contributed by atoms with van der Waals surface area (Å²) < 4.78 is 3.42. The first-order chi connectivity index (χ1) is 9.58. The second kappa shape index (κ2) is 5.01. The average Bonchev–Trinajstić information content (AvgIpc) is 2.80. The molecule has 3 rings (SSSR count). The Balaban J connectivity index is 2.15. The Kier molecular flexibility index (Phi) is 3.33. The third kappa shape index (κ3) is 2.14. The van der Waals surface area contributed by atoms with Gasteiger partial charge in [0.1, 0.15) is 11.2 Å². The average molecular weight is 291 g/mol. The smallest absolute Gasteiger partial charge is 0.270 e. The van der Waals surface area contributed by atoms with E-state index in [9.17, 15) is 4.79 Å². The molecule has 106 valence electrons. The first-order valence-corrected chi connectivity index (χ1v) is 7.69. The van der Waals surface area contributed by atoms with E-state index < -0.39 is 0 Å². The molecule has 0 fully saturated rings. The molecular formula is C14H19N4OS+. The summed E-state index contributed by atoms with van der Waals surface area (Å²) in [6, 6.07) is 0. The van der Waals surface area contributed by atoms with Gasteiger partial charge in [0.15, 0.2) is 0 Å². The molecule has 5 nitrogen and oxygen atoms in total. The van der Waals surface area contributed by atoms with E-state index in [0.29, 0.717) is 0 Å². The lowest BCUT2D eigenvalue weighted by atomic mass is 9.97. The lowest BCUT2D eigenvalue weighted by Crippen LogP contribution is -2.35. The summed E-state index contributed by atoms with van der Waals surface area (Å²) in [6.07, 6.45) is 6.07. The zero-order valence-corrected chi connectivity index (χ0v) is 12.9. The van der Waals surface area contributed by atoms with Crippen LogP contribution in [0.25, 0.3) is 10.2 Å². The van der Waals surface area contributed by atoms with E-state index in [1.807, 2.05) is 25.6 Å². The summed E-state index contributed by atoms with van der Waals surface area (Å²) in [5.41, 5.74) is 4.33. The van der Waals surface area contributed by atoms with Crippen LogP contribution in [0, 0.1) is 0 Å². The molecule has 1 aliphatic rings. The molecule has 0 unspecified atom stereocenters. The van der Waals surface area contributed by atoms with Gasteiger partial charge in [0, 0.05) is 11.8 Å². The van der Waals surface area contributed by atoms with Gasteiger partial charge < -0.3 is 0 Å². The number of aryl methyl sites for hydroxylation is 2. The van der Waals surface area contributed by atoms with Crippen molar-refractivity contribution >= 4 is 27.4 Å². The summed E-state index contributed by atoms with van der Waals surface area (Å²) in [5.74, 6) is 0.900. The van der Waals surface area contributed by atoms with Crippen molar-refractivity contribution in [2.75, 3.05) is 19.5 Å². The minimum absolute atomic E-state index is 0.00981. The summed E-state index contributed by atoms with van der Waals surface area (Å²) >= 11 is 1.68. The molecule has 6 heteroatoms. The fraction of sp³-hybridized carbons (Fsp3) is 0.500. The van der Waals surface area contributed by atoms with E-state index >= 15 is 0 Å². The number of aromatic nitrogens is 2. The number of hydrogen-bond donors (Lipinski definition) is 1. The third-order valence-electron chi connectivity index (χ3n) is 3.83. The Labute approximate surface area is 121 Å². The van der Waals surface area contributed by atoms with Crippen LogP contribution >= 0.6 is 11.3 Å². The van der Waals surface area contributed by atoms with E-state index in [4.69, 9.17) is 0 Å². The fourth-order valence-corrected chi connectivity index (χ4v) is 3.72. The molecule has 1 aliphatic carbocycles. The standard InChI is InChI=1S/C14H18N4OS/c1-9(17(2)3)16-18-8-15-13-12(14(18)19)10-6-4-5-7-11(10)20-13/h8H,4-7H2,1-3H3/p+1. The van der Waals surface area contributed by atoms with Crippen LogP contribution in [-0.2, 0) is 12.8 Å². The van der Waals surface area contributed by atoms with E-state index in [0.717, 1.165) is 28.9 Å². The molecule has 0 saturated carbocycles. The summed E-state index contributed by atoms with van der Waals surface area (Å²) in [4.78, 5) is 19.3. The molecule has 0 saturated heterocycles. The van der Waals surface area contributed by atoms with Crippen molar-refractivity contribution in [2.45, 2.75) is 32.6 Å². The highest BCUT2D eigenvalue weighted by molar-refractivity contribution is 7.18. The van der Waals surface area contributed by atoms with E-state index in [1.54, 1.807) is 17.7 Å². The molecule has 2 heterocycles. The van der Waals surface area contributed by atoms with Crippen molar-refractivity contribution in [3.8, 4) is 0 Å². The maximum atomic E-state index is 12.7. The molecule has 0 amide bonds. The molecule has 0 aromatic carbocycles. The van der Waals surface area contributed by atoms with Crippen LogP contribution in [0.2, 0.25) is 0 Å². The Hall–Kier alpha value is -1.69. The number of amidine groups is 1. The number of fused-ring (bicyclic) bond motifs is 3. The van der Waals surface area contributed by atoms with Crippen LogP contribution in [-0.4, -0.2) is 34.2 Å². The van der Waals surface area contributed by atoms with Gasteiger partial charge in [0.05, 0.1) is 19.5 Å². The van der Waals surface area contributed by atoms with Crippen molar-refractivity contribution in [1.29, 1.82) is 0 Å². The quantitative estimate of drug-likeness (QED) is 0.493. The van der Waals surface area contributed by atoms with Crippen molar-refractivity contribution < 1.29 is 4.58 Å². The zero-order chi connectivity index (χ0) is 14.3. The molecule has 0 atom stereocenters. The van der Waals surface area contributed by atoms with Crippen molar-refractivity contribution in [3.63, 3.8) is 0 Å². The lowest BCUT2D eigenvalue weighted by Gasteiger charge is -2.10. The number of nitrogens with one attached hydrogen (secondary N) is 1. The minimum Gasteiger partial charge on any atom is -0.270 e. The topological polar surface area (TPSA) is 49.9 Å². The molecule has 20 heavy (non-hydrogen) atoms. The number of nitrogens with zero attached hydrogens (tertiary/aromatic N) is 3. The van der Waals surface area contributed by atoms with Gasteiger partial charge in [-0.05, 0) is 31.2 Å². The van der Waals surface area contributed by atoms with Crippen LogP contribution < -0.4 is 11.0 Å². The largest absolute Gasteiger partial charge is 0.297 e. The van der Waals surface area contributed by atoms with Crippen LogP contribution in [0.3, 0.4) is 0 Å². The van der Waals surface area contributed by atoms with Gasteiger partial charge >= 0.3 is 0 Å². The zero-order valence-electron chi connectivity index (χ0n) is 12.1. The summed E-state index contributed by atoms with van der Waals surface area (Å²) in [6.45, 7) is 1.93. The predicted molar refractivity (Wildman–Crippen MR) is 82.7 cm³/mol. The Bertz CT molecular complexity index is 752. The lowest BCUT2D eigenvalue weighted by molar-refractivity contribution is -0.465. The van der Waals surface area contributed by atoms with Gasteiger partial charge in [0.25, 0.3) is 11.4 Å². The maximum Gasteiger partial charge on any atom is 0.297 e. The highest BCUT2D eigenvalue weighted by Gasteiger charge is 2.20. The van der Waals surface area contributed by atoms with E-state index in [1.165, 1.54) is 28.0 Å². The molecule has 0 radical (unpaired) electrons. The first-order valence-electron chi connectivity index (χ1n) is 6.87. The van der Waals surface area contributed by atoms with Gasteiger partial charge in [-0.3, -0.25) is 9.37 Å². The number of rotatable bonds is 1. The Morgan fingerprint density at radius 3 is 2.90 bits per heavy atom. The Morgan fingerprint density at radius 1 is 1.40 bits per heavy atom. The first kappa shape index (κ1) is 13.3. The van der Waals surface area contributed by atoms with E-state index in [-0.39, 0.29) is 5.56 Å². The summed E-state index contributed by atoms with van der Waals surface area (Å²) in [5, 5.41) is 0.811. The van der Waals surface area contributed by atoms with Crippen molar-refractivity contribution in [2.24, 2.45) is 0 Å². The van der Waals surface area contributed by atoms with Crippen LogP contribution in [0.15, 0.2) is 11.1 Å². The Morgan fingerprint density at radius 2 is 2.15 bits per heavy atom. The van der Waals surface area contributed by atoms with E-state index in [2.05, 4.69) is 10.4 Å². The predicted octanol–water partition coefficient (Wildman–Crippen LogP) is 1.57. The van der Waals surface area contributed by atoms with Gasteiger partial charge in [0.2, 0.25) is 0 Å². The molecule has 1 N–H and O–H groups in total. The third-order valence-corrected chi connectivity index (χ3v) is 5.03. The van der Waals surface area contributed by atoms with Gasteiger partial charge in [-0.2, -0.15) is 5.43 Å².